The molecule has 1 aromatic carbocycles. The molecule has 1 aliphatic carbocycles. The highest BCUT2D eigenvalue weighted by Gasteiger charge is 2.45. The van der Waals surface area contributed by atoms with Crippen molar-refractivity contribution in [3.05, 3.63) is 23.8 Å². The van der Waals surface area contributed by atoms with Gasteiger partial charge in [-0.25, -0.2) is 0 Å². The van der Waals surface area contributed by atoms with Gasteiger partial charge in [-0.3, -0.25) is 4.79 Å². The zero-order valence-corrected chi connectivity index (χ0v) is 11.4. The van der Waals surface area contributed by atoms with Crippen LogP contribution >= 0.6 is 0 Å². The van der Waals surface area contributed by atoms with Gasteiger partial charge in [-0.15, -0.1) is 0 Å². The summed E-state index contributed by atoms with van der Waals surface area (Å²) in [7, 11) is 1.62. The zero-order valence-electron chi connectivity index (χ0n) is 11.4. The van der Waals surface area contributed by atoms with Crippen LogP contribution in [0.2, 0.25) is 0 Å². The monoisotopic (exact) mass is 264 g/mol. The van der Waals surface area contributed by atoms with Crippen molar-refractivity contribution in [2.24, 2.45) is 5.41 Å². The summed E-state index contributed by atoms with van der Waals surface area (Å²) in [6.45, 7) is 2.53. The third kappa shape index (κ3) is 3.40. The number of aliphatic carboxylic acids is 1. The summed E-state index contributed by atoms with van der Waals surface area (Å²) >= 11 is 0. The van der Waals surface area contributed by atoms with Crippen molar-refractivity contribution >= 4 is 5.97 Å². The number of hydrogen-bond acceptors (Lipinski definition) is 3. The Morgan fingerprint density at radius 3 is 2.63 bits per heavy atom. The van der Waals surface area contributed by atoms with Gasteiger partial charge >= 0.3 is 5.97 Å². The van der Waals surface area contributed by atoms with E-state index in [0.29, 0.717) is 18.1 Å². The van der Waals surface area contributed by atoms with Crippen molar-refractivity contribution in [1.82, 2.24) is 0 Å². The molecule has 4 nitrogen and oxygen atoms in total. The molecule has 2 rings (SSSR count). The average molecular weight is 264 g/mol. The van der Waals surface area contributed by atoms with Crippen LogP contribution in [0.5, 0.6) is 11.5 Å². The lowest BCUT2D eigenvalue weighted by Crippen LogP contribution is -2.17. The van der Waals surface area contributed by atoms with Gasteiger partial charge in [-0.2, -0.15) is 0 Å². The van der Waals surface area contributed by atoms with E-state index in [1.807, 2.05) is 18.2 Å². The summed E-state index contributed by atoms with van der Waals surface area (Å²) in [6.07, 6.45) is 2.98. The van der Waals surface area contributed by atoms with Crippen LogP contribution in [0, 0.1) is 5.41 Å². The number of rotatable bonds is 7. The van der Waals surface area contributed by atoms with Crippen LogP contribution in [-0.4, -0.2) is 24.8 Å². The van der Waals surface area contributed by atoms with Gasteiger partial charge in [-0.1, -0.05) is 13.0 Å². The number of ether oxygens (including phenoxy) is 2. The minimum absolute atomic E-state index is 0.166. The minimum Gasteiger partial charge on any atom is -0.493 e. The van der Waals surface area contributed by atoms with Gasteiger partial charge in [0, 0.05) is 5.41 Å². The lowest BCUT2D eigenvalue weighted by molar-refractivity contribution is -0.138. The molecule has 0 radical (unpaired) electrons. The lowest BCUT2D eigenvalue weighted by atomic mass is 10.0. The molecule has 0 heterocycles. The van der Waals surface area contributed by atoms with Gasteiger partial charge in [0.05, 0.1) is 20.1 Å². The fourth-order valence-corrected chi connectivity index (χ4v) is 2.15. The largest absolute Gasteiger partial charge is 0.493 e. The second-order valence-electron chi connectivity index (χ2n) is 5.20. The van der Waals surface area contributed by atoms with E-state index in [1.54, 1.807) is 7.11 Å². The Morgan fingerprint density at radius 1 is 1.37 bits per heavy atom. The van der Waals surface area contributed by atoms with Gasteiger partial charge in [-0.05, 0) is 37.0 Å². The zero-order chi connectivity index (χ0) is 13.9. The predicted octanol–water partition coefficient (Wildman–Crippen LogP) is 2.89. The normalized spacial score (nSPS) is 15.9. The second-order valence-corrected chi connectivity index (χ2v) is 5.20. The van der Waals surface area contributed by atoms with Crippen molar-refractivity contribution in [3.8, 4) is 11.5 Å². The third-order valence-corrected chi connectivity index (χ3v) is 3.65. The van der Waals surface area contributed by atoms with E-state index in [9.17, 15) is 4.79 Å². The first kappa shape index (κ1) is 13.7. The molecule has 0 unspecified atom stereocenters. The molecule has 1 saturated carbocycles. The number of carboxylic acid groups (broad SMARTS) is 1. The molecule has 0 amide bonds. The highest BCUT2D eigenvalue weighted by molar-refractivity contribution is 5.68. The highest BCUT2D eigenvalue weighted by atomic mass is 16.5. The molecule has 1 fully saturated rings. The van der Waals surface area contributed by atoms with Gasteiger partial charge < -0.3 is 14.6 Å². The lowest BCUT2D eigenvalue weighted by Gasteiger charge is -2.16. The molecule has 1 aliphatic rings. The number of hydrogen-bond donors (Lipinski definition) is 1. The fourth-order valence-electron chi connectivity index (χ4n) is 2.15. The van der Waals surface area contributed by atoms with Crippen LogP contribution < -0.4 is 9.47 Å². The van der Waals surface area contributed by atoms with E-state index >= 15 is 0 Å². The SMILES string of the molecule is CCc1ccc(OCC2(CC(=O)O)CC2)c(OC)c1. The number of carbonyl (C=O) groups is 1. The summed E-state index contributed by atoms with van der Waals surface area (Å²) < 4.78 is 11.1. The number of benzene rings is 1. The van der Waals surface area contributed by atoms with E-state index in [-0.39, 0.29) is 11.8 Å². The van der Waals surface area contributed by atoms with Gasteiger partial charge in [0.1, 0.15) is 0 Å². The Kier molecular flexibility index (Phi) is 3.98. The Balaban J connectivity index is 2.01. The Hall–Kier alpha value is -1.71. The minimum atomic E-state index is -0.755. The highest BCUT2D eigenvalue weighted by Crippen LogP contribution is 2.49. The molecular formula is C15H20O4. The average Bonchev–Trinajstić information content (AvgIpc) is 3.15. The summed E-state index contributed by atoms with van der Waals surface area (Å²) in [5.41, 5.74) is 1.02. The molecular weight excluding hydrogens is 244 g/mol. The van der Waals surface area contributed by atoms with Crippen molar-refractivity contribution in [3.63, 3.8) is 0 Å². The molecule has 0 bridgehead atoms. The van der Waals surface area contributed by atoms with E-state index in [0.717, 1.165) is 19.3 Å². The Bertz CT molecular complexity index is 463. The van der Waals surface area contributed by atoms with Crippen molar-refractivity contribution in [2.45, 2.75) is 32.6 Å². The predicted molar refractivity (Wildman–Crippen MR) is 71.8 cm³/mol. The van der Waals surface area contributed by atoms with E-state index < -0.39 is 5.97 Å². The van der Waals surface area contributed by atoms with Gasteiger partial charge in [0.15, 0.2) is 11.5 Å². The van der Waals surface area contributed by atoms with Crippen LogP contribution in [0.1, 0.15) is 31.7 Å². The molecule has 1 aromatic rings. The van der Waals surface area contributed by atoms with Crippen LogP contribution in [0.3, 0.4) is 0 Å². The Morgan fingerprint density at radius 2 is 2.11 bits per heavy atom. The Labute approximate surface area is 113 Å². The molecule has 0 aromatic heterocycles. The molecule has 19 heavy (non-hydrogen) atoms. The molecule has 1 N–H and O–H groups in total. The second kappa shape index (κ2) is 5.51. The van der Waals surface area contributed by atoms with E-state index in [4.69, 9.17) is 14.6 Å². The first-order valence-corrected chi connectivity index (χ1v) is 6.60. The maximum Gasteiger partial charge on any atom is 0.304 e. The van der Waals surface area contributed by atoms with Crippen molar-refractivity contribution in [1.29, 1.82) is 0 Å². The van der Waals surface area contributed by atoms with E-state index in [2.05, 4.69) is 6.92 Å². The molecule has 0 aliphatic heterocycles. The van der Waals surface area contributed by atoms with Crippen molar-refractivity contribution < 1.29 is 19.4 Å². The fraction of sp³-hybridized carbons (Fsp3) is 0.533. The van der Waals surface area contributed by atoms with E-state index in [1.165, 1.54) is 5.56 Å². The maximum absolute atomic E-state index is 10.8. The summed E-state index contributed by atoms with van der Waals surface area (Å²) in [5.74, 6) is 0.649. The first-order chi connectivity index (χ1) is 9.08. The summed E-state index contributed by atoms with van der Waals surface area (Å²) in [5, 5.41) is 8.88. The van der Waals surface area contributed by atoms with Gasteiger partial charge in [0.25, 0.3) is 0 Å². The number of carboxylic acids is 1. The summed E-state index contributed by atoms with van der Waals surface area (Å²) in [4.78, 5) is 10.8. The van der Waals surface area contributed by atoms with Crippen LogP contribution in [0.25, 0.3) is 0 Å². The number of aryl methyl sites for hydroxylation is 1. The van der Waals surface area contributed by atoms with Gasteiger partial charge in [0.2, 0.25) is 0 Å². The third-order valence-electron chi connectivity index (χ3n) is 3.65. The topological polar surface area (TPSA) is 55.8 Å². The maximum atomic E-state index is 10.8. The number of methoxy groups -OCH3 is 1. The molecule has 0 saturated heterocycles. The van der Waals surface area contributed by atoms with Crippen molar-refractivity contribution in [2.75, 3.05) is 13.7 Å². The standard InChI is InChI=1S/C15H20O4/c1-3-11-4-5-12(13(8-11)18-2)19-10-15(6-7-15)9-14(16)17/h4-5,8H,3,6-7,9-10H2,1-2H3,(H,16,17). The van der Waals surface area contributed by atoms with Crippen LogP contribution in [0.15, 0.2) is 18.2 Å². The molecule has 104 valence electrons. The molecule has 0 atom stereocenters. The van der Waals surface area contributed by atoms with Crippen LogP contribution in [0.4, 0.5) is 0 Å². The molecule has 0 spiro atoms. The smallest absolute Gasteiger partial charge is 0.304 e. The first-order valence-electron chi connectivity index (χ1n) is 6.60. The summed E-state index contributed by atoms with van der Waals surface area (Å²) in [6, 6.07) is 5.87. The molecule has 4 heteroatoms. The van der Waals surface area contributed by atoms with Crippen LogP contribution in [-0.2, 0) is 11.2 Å². The quantitative estimate of drug-likeness (QED) is 0.822.